The number of nitrogens with one attached hydrogen (secondary N) is 1. The number of esters is 1. The van der Waals surface area contributed by atoms with E-state index >= 15 is 0 Å². The van der Waals surface area contributed by atoms with Gasteiger partial charge < -0.3 is 10.1 Å². The Morgan fingerprint density at radius 3 is 2.46 bits per heavy atom. The van der Waals surface area contributed by atoms with Crippen LogP contribution in [0.4, 0.5) is 5.69 Å². The SMILES string of the molecule is Cc1ccc(NC(=O)COC(=O)C[C@@H](C)c2ccccc2)c(C)c1. The lowest BCUT2D eigenvalue weighted by Crippen LogP contribution is -2.21. The Kier molecular flexibility index (Phi) is 6.13. The number of benzene rings is 2. The molecule has 0 saturated carbocycles. The van der Waals surface area contributed by atoms with Crippen molar-refractivity contribution in [1.29, 1.82) is 0 Å². The van der Waals surface area contributed by atoms with Crippen molar-refractivity contribution in [3.8, 4) is 0 Å². The summed E-state index contributed by atoms with van der Waals surface area (Å²) in [5, 5.41) is 2.76. The van der Waals surface area contributed by atoms with Gasteiger partial charge in [-0.2, -0.15) is 0 Å². The zero-order valence-corrected chi connectivity index (χ0v) is 14.3. The van der Waals surface area contributed by atoms with E-state index in [0.717, 1.165) is 22.4 Å². The smallest absolute Gasteiger partial charge is 0.306 e. The molecule has 4 heteroatoms. The molecule has 0 spiro atoms. The van der Waals surface area contributed by atoms with Crippen LogP contribution in [-0.4, -0.2) is 18.5 Å². The van der Waals surface area contributed by atoms with Crippen molar-refractivity contribution in [3.63, 3.8) is 0 Å². The summed E-state index contributed by atoms with van der Waals surface area (Å²) in [4.78, 5) is 23.8. The molecule has 1 amide bonds. The van der Waals surface area contributed by atoms with Crippen LogP contribution in [0.15, 0.2) is 48.5 Å². The van der Waals surface area contributed by atoms with Crippen molar-refractivity contribution in [2.24, 2.45) is 0 Å². The Labute approximate surface area is 142 Å². The van der Waals surface area contributed by atoms with Crippen molar-refractivity contribution in [3.05, 3.63) is 65.2 Å². The summed E-state index contributed by atoms with van der Waals surface area (Å²) in [7, 11) is 0. The van der Waals surface area contributed by atoms with Gasteiger partial charge in [-0.1, -0.05) is 55.0 Å². The first-order valence-electron chi connectivity index (χ1n) is 8.03. The molecule has 0 radical (unpaired) electrons. The Morgan fingerprint density at radius 1 is 1.08 bits per heavy atom. The van der Waals surface area contributed by atoms with Gasteiger partial charge in [-0.05, 0) is 37.0 Å². The first-order chi connectivity index (χ1) is 11.5. The molecule has 2 aromatic carbocycles. The number of ether oxygens (including phenoxy) is 1. The van der Waals surface area contributed by atoms with E-state index in [0.29, 0.717) is 0 Å². The van der Waals surface area contributed by atoms with E-state index in [2.05, 4.69) is 5.32 Å². The second kappa shape index (κ2) is 8.29. The largest absolute Gasteiger partial charge is 0.456 e. The highest BCUT2D eigenvalue weighted by molar-refractivity contribution is 5.93. The predicted octanol–water partition coefficient (Wildman–Crippen LogP) is 3.98. The maximum absolute atomic E-state index is 11.9. The normalized spacial score (nSPS) is 11.6. The van der Waals surface area contributed by atoms with Gasteiger partial charge in [0.1, 0.15) is 0 Å². The number of amides is 1. The molecule has 1 atom stereocenters. The molecule has 0 bridgehead atoms. The minimum atomic E-state index is -0.373. The van der Waals surface area contributed by atoms with Crippen LogP contribution in [0.1, 0.15) is 36.0 Å². The molecule has 0 fully saturated rings. The third-order valence-corrected chi connectivity index (χ3v) is 3.86. The maximum Gasteiger partial charge on any atom is 0.306 e. The Morgan fingerprint density at radius 2 is 1.79 bits per heavy atom. The number of aryl methyl sites for hydroxylation is 2. The van der Waals surface area contributed by atoms with Crippen molar-refractivity contribution in [2.45, 2.75) is 33.1 Å². The zero-order valence-electron chi connectivity index (χ0n) is 14.3. The van der Waals surface area contributed by atoms with Crippen LogP contribution in [0.5, 0.6) is 0 Å². The first kappa shape index (κ1) is 17.7. The number of carbonyl (C=O) groups excluding carboxylic acids is 2. The first-order valence-corrected chi connectivity index (χ1v) is 8.03. The summed E-state index contributed by atoms with van der Waals surface area (Å²) in [6.07, 6.45) is 0.251. The van der Waals surface area contributed by atoms with E-state index in [9.17, 15) is 9.59 Å². The number of carbonyl (C=O) groups is 2. The van der Waals surface area contributed by atoms with Crippen molar-refractivity contribution >= 4 is 17.6 Å². The molecular weight excluding hydrogens is 302 g/mol. The molecule has 0 aromatic heterocycles. The maximum atomic E-state index is 11.9. The standard InChI is InChI=1S/C20H23NO3/c1-14-9-10-18(16(3)11-14)21-19(22)13-24-20(23)12-15(2)17-7-5-4-6-8-17/h4-11,15H,12-13H2,1-3H3,(H,21,22)/t15-/m1/s1. The number of anilines is 1. The highest BCUT2D eigenvalue weighted by atomic mass is 16.5. The fraction of sp³-hybridized carbons (Fsp3) is 0.300. The molecule has 0 aliphatic rings. The predicted molar refractivity (Wildman–Crippen MR) is 95.0 cm³/mol. The summed E-state index contributed by atoms with van der Waals surface area (Å²) in [5.41, 5.74) is 3.92. The van der Waals surface area contributed by atoms with Crippen LogP contribution < -0.4 is 5.32 Å². The van der Waals surface area contributed by atoms with Gasteiger partial charge in [0.25, 0.3) is 5.91 Å². The monoisotopic (exact) mass is 325 g/mol. The van der Waals surface area contributed by atoms with Gasteiger partial charge >= 0.3 is 5.97 Å². The minimum absolute atomic E-state index is 0.0566. The van der Waals surface area contributed by atoms with E-state index in [-0.39, 0.29) is 30.8 Å². The number of hydrogen-bond donors (Lipinski definition) is 1. The summed E-state index contributed by atoms with van der Waals surface area (Å²) in [6.45, 7) is 5.62. The van der Waals surface area contributed by atoms with Crippen molar-refractivity contribution in [2.75, 3.05) is 11.9 Å². The second-order valence-electron chi connectivity index (χ2n) is 6.04. The fourth-order valence-corrected chi connectivity index (χ4v) is 2.49. The molecule has 2 rings (SSSR count). The molecular formula is C20H23NO3. The quantitative estimate of drug-likeness (QED) is 0.817. The molecule has 0 heterocycles. The lowest BCUT2D eigenvalue weighted by molar-refractivity contribution is -0.147. The van der Waals surface area contributed by atoms with E-state index in [1.54, 1.807) is 0 Å². The van der Waals surface area contributed by atoms with Gasteiger partial charge in [0.15, 0.2) is 6.61 Å². The third-order valence-electron chi connectivity index (χ3n) is 3.86. The van der Waals surface area contributed by atoms with E-state index < -0.39 is 0 Å². The molecule has 0 aliphatic carbocycles. The lowest BCUT2D eigenvalue weighted by atomic mass is 9.98. The Bertz CT molecular complexity index is 710. The fourth-order valence-electron chi connectivity index (χ4n) is 2.49. The minimum Gasteiger partial charge on any atom is -0.456 e. The van der Waals surface area contributed by atoms with Gasteiger partial charge in [-0.15, -0.1) is 0 Å². The molecule has 0 unspecified atom stereocenters. The van der Waals surface area contributed by atoms with Crippen LogP contribution in [0.3, 0.4) is 0 Å². The van der Waals surface area contributed by atoms with Crippen molar-refractivity contribution < 1.29 is 14.3 Å². The van der Waals surface area contributed by atoms with Gasteiger partial charge in [0.2, 0.25) is 0 Å². The highest BCUT2D eigenvalue weighted by Gasteiger charge is 2.14. The van der Waals surface area contributed by atoms with Crippen LogP contribution in [0, 0.1) is 13.8 Å². The Balaban J connectivity index is 1.80. The summed E-state index contributed by atoms with van der Waals surface area (Å²) in [5.74, 6) is -0.647. The van der Waals surface area contributed by atoms with Crippen LogP contribution >= 0.6 is 0 Å². The van der Waals surface area contributed by atoms with E-state index in [4.69, 9.17) is 4.74 Å². The average molecular weight is 325 g/mol. The molecule has 1 N–H and O–H groups in total. The second-order valence-corrected chi connectivity index (χ2v) is 6.04. The van der Waals surface area contributed by atoms with E-state index in [1.807, 2.05) is 69.3 Å². The summed E-state index contributed by atoms with van der Waals surface area (Å²) >= 11 is 0. The molecule has 0 saturated heterocycles. The highest BCUT2D eigenvalue weighted by Crippen LogP contribution is 2.19. The van der Waals surface area contributed by atoms with Gasteiger partial charge in [-0.3, -0.25) is 9.59 Å². The molecule has 24 heavy (non-hydrogen) atoms. The van der Waals surface area contributed by atoms with Gasteiger partial charge in [0, 0.05) is 5.69 Å². The number of rotatable bonds is 6. The molecule has 2 aromatic rings. The average Bonchev–Trinajstić information content (AvgIpc) is 2.56. The van der Waals surface area contributed by atoms with Gasteiger partial charge in [0.05, 0.1) is 6.42 Å². The topological polar surface area (TPSA) is 55.4 Å². The van der Waals surface area contributed by atoms with Crippen LogP contribution in [-0.2, 0) is 14.3 Å². The number of hydrogen-bond acceptors (Lipinski definition) is 3. The third kappa shape index (κ3) is 5.23. The lowest BCUT2D eigenvalue weighted by Gasteiger charge is -2.12. The van der Waals surface area contributed by atoms with Crippen LogP contribution in [0.25, 0.3) is 0 Å². The van der Waals surface area contributed by atoms with Crippen LogP contribution in [0.2, 0.25) is 0 Å². The van der Waals surface area contributed by atoms with E-state index in [1.165, 1.54) is 0 Å². The van der Waals surface area contributed by atoms with Gasteiger partial charge in [-0.25, -0.2) is 0 Å². The Hall–Kier alpha value is -2.62. The molecule has 0 aliphatic heterocycles. The zero-order chi connectivity index (χ0) is 17.5. The van der Waals surface area contributed by atoms with Crippen molar-refractivity contribution in [1.82, 2.24) is 0 Å². The molecule has 126 valence electrons. The summed E-state index contributed by atoms with van der Waals surface area (Å²) < 4.78 is 5.08. The molecule has 4 nitrogen and oxygen atoms in total. The summed E-state index contributed by atoms with van der Waals surface area (Å²) in [6, 6.07) is 15.5.